The average molecular weight is 505 g/mol. The van der Waals surface area contributed by atoms with E-state index in [0.29, 0.717) is 53.1 Å². The van der Waals surface area contributed by atoms with Crippen molar-refractivity contribution in [3.63, 3.8) is 0 Å². The van der Waals surface area contributed by atoms with Gasteiger partial charge in [0.1, 0.15) is 17.2 Å². The van der Waals surface area contributed by atoms with E-state index in [4.69, 9.17) is 9.47 Å². The minimum Gasteiger partial charge on any atom is -0.506 e. The molecule has 2 aromatic heterocycles. The molecule has 37 heavy (non-hydrogen) atoms. The molecular formula is C28H28N2O7. The van der Waals surface area contributed by atoms with Crippen molar-refractivity contribution in [3.8, 4) is 28.5 Å². The van der Waals surface area contributed by atoms with Crippen LogP contribution in [0.4, 0.5) is 0 Å². The molecule has 0 amide bonds. The number of pyridine rings is 1. The summed E-state index contributed by atoms with van der Waals surface area (Å²) in [5.41, 5.74) is 3.47. The Morgan fingerprint density at radius 1 is 1.08 bits per heavy atom. The van der Waals surface area contributed by atoms with Crippen LogP contribution in [-0.4, -0.2) is 44.6 Å². The van der Waals surface area contributed by atoms with Crippen molar-refractivity contribution in [1.29, 1.82) is 0 Å². The van der Waals surface area contributed by atoms with E-state index in [0.717, 1.165) is 22.2 Å². The van der Waals surface area contributed by atoms with E-state index < -0.39 is 22.8 Å². The monoisotopic (exact) mass is 504 g/mol. The predicted molar refractivity (Wildman–Crippen MR) is 138 cm³/mol. The number of carbonyl (C=O) groups is 1. The Morgan fingerprint density at radius 2 is 1.86 bits per heavy atom. The Kier molecular flexibility index (Phi) is 6.16. The van der Waals surface area contributed by atoms with Crippen molar-refractivity contribution in [1.82, 2.24) is 9.13 Å². The third-order valence-corrected chi connectivity index (χ3v) is 7.22. The number of aromatic carboxylic acids is 1. The molecule has 192 valence electrons. The van der Waals surface area contributed by atoms with Crippen molar-refractivity contribution in [2.45, 2.75) is 32.4 Å². The van der Waals surface area contributed by atoms with Gasteiger partial charge in [-0.05, 0) is 49.1 Å². The highest BCUT2D eigenvalue weighted by atomic mass is 16.5. The summed E-state index contributed by atoms with van der Waals surface area (Å²) in [6, 6.07) is 10.9. The van der Waals surface area contributed by atoms with E-state index >= 15 is 0 Å². The van der Waals surface area contributed by atoms with Crippen molar-refractivity contribution < 1.29 is 29.6 Å². The summed E-state index contributed by atoms with van der Waals surface area (Å²) in [5.74, 6) is -0.907. The summed E-state index contributed by atoms with van der Waals surface area (Å²) >= 11 is 0. The van der Waals surface area contributed by atoms with Crippen LogP contribution in [0.15, 0.2) is 41.2 Å². The molecule has 0 spiro atoms. The minimum atomic E-state index is -1.48. The number of aliphatic hydroxyl groups excluding tert-OH is 1. The molecule has 0 aliphatic heterocycles. The molecule has 0 atom stereocenters. The van der Waals surface area contributed by atoms with E-state index in [1.54, 1.807) is 25.3 Å². The van der Waals surface area contributed by atoms with Crippen molar-refractivity contribution in [2.75, 3.05) is 14.2 Å². The second kappa shape index (κ2) is 9.33. The van der Waals surface area contributed by atoms with Gasteiger partial charge in [-0.15, -0.1) is 0 Å². The van der Waals surface area contributed by atoms with Crippen LogP contribution in [0.25, 0.3) is 22.2 Å². The lowest BCUT2D eigenvalue weighted by Gasteiger charge is -2.20. The lowest BCUT2D eigenvalue weighted by Crippen LogP contribution is -2.30. The Bertz CT molecular complexity index is 1610. The summed E-state index contributed by atoms with van der Waals surface area (Å²) < 4.78 is 14.3. The molecule has 2 heterocycles. The van der Waals surface area contributed by atoms with Crippen LogP contribution in [0.5, 0.6) is 17.2 Å². The molecule has 5 rings (SSSR count). The Morgan fingerprint density at radius 3 is 2.54 bits per heavy atom. The fourth-order valence-electron chi connectivity index (χ4n) is 5.42. The van der Waals surface area contributed by atoms with Gasteiger partial charge >= 0.3 is 5.97 Å². The number of rotatable bonds is 6. The number of carboxylic acid groups (broad SMARTS) is 1. The van der Waals surface area contributed by atoms with Crippen LogP contribution in [-0.2, 0) is 33.0 Å². The van der Waals surface area contributed by atoms with Gasteiger partial charge in [0.25, 0.3) is 5.56 Å². The summed E-state index contributed by atoms with van der Waals surface area (Å²) in [7, 11) is 5.01. The van der Waals surface area contributed by atoms with Gasteiger partial charge in [0.05, 0.1) is 33.1 Å². The Labute approximate surface area is 212 Å². The number of benzene rings is 2. The molecule has 9 nitrogen and oxygen atoms in total. The molecule has 0 radical (unpaired) electrons. The molecule has 0 saturated heterocycles. The van der Waals surface area contributed by atoms with Gasteiger partial charge in [-0.2, -0.15) is 0 Å². The number of carboxylic acids is 1. The summed E-state index contributed by atoms with van der Waals surface area (Å²) in [6.45, 7) is -0.129. The highest BCUT2D eigenvalue weighted by Gasteiger charge is 2.31. The van der Waals surface area contributed by atoms with Gasteiger partial charge in [0, 0.05) is 46.4 Å². The number of ether oxygens (including phenoxy) is 2. The Balaban J connectivity index is 1.89. The molecule has 0 bridgehead atoms. The van der Waals surface area contributed by atoms with Crippen LogP contribution >= 0.6 is 0 Å². The number of methoxy groups -OCH3 is 2. The average Bonchev–Trinajstić information content (AvgIpc) is 3.03. The van der Waals surface area contributed by atoms with Crippen LogP contribution < -0.4 is 15.0 Å². The maximum Gasteiger partial charge on any atom is 0.345 e. The normalized spacial score (nSPS) is 12.6. The number of hydrogen-bond acceptors (Lipinski definition) is 6. The minimum absolute atomic E-state index is 0.0183. The van der Waals surface area contributed by atoms with Crippen molar-refractivity contribution in [3.05, 3.63) is 74.7 Å². The van der Waals surface area contributed by atoms with E-state index in [-0.39, 0.29) is 13.2 Å². The highest BCUT2D eigenvalue weighted by molar-refractivity contribution is 6.00. The zero-order valence-corrected chi connectivity index (χ0v) is 20.9. The first kappa shape index (κ1) is 24.5. The quantitative estimate of drug-likeness (QED) is 0.367. The van der Waals surface area contributed by atoms with Gasteiger partial charge < -0.3 is 33.9 Å². The van der Waals surface area contributed by atoms with Gasteiger partial charge in [0.15, 0.2) is 5.56 Å². The maximum absolute atomic E-state index is 13.7. The SMILES string of the molecule is COc1ccc(Cn2c3c(c(O)c(C(=O)O)c2=O)CCCc2c-3c3cc(CO)ccc3n2C)c(OC)c1. The molecule has 9 heteroatoms. The first-order chi connectivity index (χ1) is 17.8. The summed E-state index contributed by atoms with van der Waals surface area (Å²) in [5, 5.41) is 31.6. The number of aromatic nitrogens is 2. The first-order valence-corrected chi connectivity index (χ1v) is 11.9. The maximum atomic E-state index is 13.7. The molecule has 0 saturated carbocycles. The topological polar surface area (TPSA) is 123 Å². The van der Waals surface area contributed by atoms with Crippen LogP contribution in [0.1, 0.15) is 39.2 Å². The molecule has 3 N–H and O–H groups in total. The molecule has 1 aliphatic carbocycles. The largest absolute Gasteiger partial charge is 0.506 e. The lowest BCUT2D eigenvalue weighted by molar-refractivity contribution is 0.0690. The molecule has 2 aromatic carbocycles. The fraction of sp³-hybridized carbons (Fsp3) is 0.286. The lowest BCUT2D eigenvalue weighted by atomic mass is 9.98. The highest BCUT2D eigenvalue weighted by Crippen LogP contribution is 2.43. The number of nitrogens with zero attached hydrogens (tertiary/aromatic N) is 2. The number of aryl methyl sites for hydroxylation is 1. The van der Waals surface area contributed by atoms with Crippen molar-refractivity contribution in [2.24, 2.45) is 7.05 Å². The van der Waals surface area contributed by atoms with Crippen LogP contribution in [0.3, 0.4) is 0 Å². The van der Waals surface area contributed by atoms with E-state index in [1.165, 1.54) is 11.7 Å². The van der Waals surface area contributed by atoms with Crippen LogP contribution in [0.2, 0.25) is 0 Å². The molecule has 1 aliphatic rings. The second-order valence-electron chi connectivity index (χ2n) is 9.17. The van der Waals surface area contributed by atoms with Crippen LogP contribution in [0, 0.1) is 0 Å². The number of aromatic hydroxyl groups is 1. The number of hydrogen-bond donors (Lipinski definition) is 3. The predicted octanol–water partition coefficient (Wildman–Crippen LogP) is 3.46. The van der Waals surface area contributed by atoms with E-state index in [1.807, 2.05) is 25.2 Å². The van der Waals surface area contributed by atoms with Crippen molar-refractivity contribution >= 4 is 16.9 Å². The van der Waals surface area contributed by atoms with Gasteiger partial charge in [-0.3, -0.25) is 4.79 Å². The van der Waals surface area contributed by atoms with Gasteiger partial charge in [0.2, 0.25) is 0 Å². The third-order valence-electron chi connectivity index (χ3n) is 7.22. The molecular weight excluding hydrogens is 476 g/mol. The second-order valence-corrected chi connectivity index (χ2v) is 9.17. The standard InChI is InChI=1S/C28H28N2O7/c1-29-20-10-7-15(14-31)11-19(20)23-21(29)6-4-5-18-25(23)30(27(33)24(26(18)32)28(34)35)13-16-8-9-17(36-2)12-22(16)37-3/h7-12,31-32H,4-6,13-14H2,1-3H3,(H,34,35). The zero-order valence-electron chi connectivity index (χ0n) is 20.9. The molecule has 0 unspecified atom stereocenters. The number of fused-ring (bicyclic) bond motifs is 5. The zero-order chi connectivity index (χ0) is 26.4. The summed E-state index contributed by atoms with van der Waals surface area (Å²) in [6.07, 6.45) is 1.73. The molecule has 4 aromatic rings. The first-order valence-electron chi connectivity index (χ1n) is 11.9. The summed E-state index contributed by atoms with van der Waals surface area (Å²) in [4.78, 5) is 25.9. The fourth-order valence-corrected chi connectivity index (χ4v) is 5.42. The van der Waals surface area contributed by atoms with E-state index in [9.17, 15) is 24.9 Å². The van der Waals surface area contributed by atoms with Gasteiger partial charge in [-0.1, -0.05) is 6.07 Å². The molecule has 0 fully saturated rings. The van der Waals surface area contributed by atoms with Gasteiger partial charge in [-0.25, -0.2) is 4.79 Å². The van der Waals surface area contributed by atoms with E-state index in [2.05, 4.69) is 4.57 Å². The number of aliphatic hydroxyl groups is 1. The smallest absolute Gasteiger partial charge is 0.345 e. The third kappa shape index (κ3) is 3.82. The Hall–Kier alpha value is -4.24.